The summed E-state index contributed by atoms with van der Waals surface area (Å²) in [6.07, 6.45) is 2.95. The molecule has 1 unspecified atom stereocenters. The van der Waals surface area contributed by atoms with Crippen molar-refractivity contribution in [3.8, 4) is 5.88 Å². The maximum absolute atomic E-state index is 5.77. The highest BCUT2D eigenvalue weighted by molar-refractivity contribution is 9.08. The van der Waals surface area contributed by atoms with E-state index in [2.05, 4.69) is 21.1 Å². The number of hydrogen-bond donors (Lipinski definition) is 0. The molecule has 1 aromatic carbocycles. The number of alkyl halides is 1. The lowest BCUT2D eigenvalue weighted by atomic mass is 10.2. The largest absolute Gasteiger partial charge is 0.445 e. The van der Waals surface area contributed by atoms with Crippen LogP contribution in [0.25, 0.3) is 11.0 Å². The third kappa shape index (κ3) is 2.37. The standard InChI is InChI=1S/C13H14BrNO3/c14-8-9-4-5-11-10(7-9)13(15-18-11)17-12-3-1-2-6-16-12/h4-5,7,12H,1-3,6,8H2. The molecular weight excluding hydrogens is 298 g/mol. The summed E-state index contributed by atoms with van der Waals surface area (Å²) >= 11 is 3.44. The fourth-order valence-corrected chi connectivity index (χ4v) is 2.41. The zero-order valence-electron chi connectivity index (χ0n) is 9.89. The fourth-order valence-electron chi connectivity index (χ4n) is 2.06. The molecule has 1 aliphatic rings. The zero-order chi connectivity index (χ0) is 12.4. The highest BCUT2D eigenvalue weighted by Crippen LogP contribution is 2.28. The van der Waals surface area contributed by atoms with E-state index in [9.17, 15) is 0 Å². The molecule has 5 heteroatoms. The molecule has 18 heavy (non-hydrogen) atoms. The fraction of sp³-hybridized carbons (Fsp3) is 0.462. The SMILES string of the molecule is BrCc1ccc2onc(OC3CCCCO3)c2c1. The quantitative estimate of drug-likeness (QED) is 0.812. The van der Waals surface area contributed by atoms with Gasteiger partial charge in [-0.25, -0.2) is 0 Å². The summed E-state index contributed by atoms with van der Waals surface area (Å²) in [5.41, 5.74) is 1.91. The van der Waals surface area contributed by atoms with Crippen molar-refractivity contribution >= 4 is 26.9 Å². The Morgan fingerprint density at radius 1 is 1.39 bits per heavy atom. The molecule has 3 rings (SSSR count). The maximum Gasteiger partial charge on any atom is 0.264 e. The van der Waals surface area contributed by atoms with Crippen LogP contribution in [0.15, 0.2) is 22.7 Å². The van der Waals surface area contributed by atoms with Crippen molar-refractivity contribution < 1.29 is 14.0 Å². The molecule has 0 aliphatic carbocycles. The van der Waals surface area contributed by atoms with E-state index in [1.807, 2.05) is 18.2 Å². The van der Waals surface area contributed by atoms with Crippen LogP contribution in [0.2, 0.25) is 0 Å². The lowest BCUT2D eigenvalue weighted by molar-refractivity contribution is -0.108. The van der Waals surface area contributed by atoms with Crippen LogP contribution < -0.4 is 4.74 Å². The Balaban J connectivity index is 1.86. The molecule has 1 fully saturated rings. The van der Waals surface area contributed by atoms with Crippen molar-refractivity contribution in [1.82, 2.24) is 5.16 Å². The smallest absolute Gasteiger partial charge is 0.264 e. The van der Waals surface area contributed by atoms with E-state index in [0.29, 0.717) is 5.88 Å². The first-order valence-electron chi connectivity index (χ1n) is 6.09. The second-order valence-electron chi connectivity index (χ2n) is 4.37. The zero-order valence-corrected chi connectivity index (χ0v) is 11.5. The van der Waals surface area contributed by atoms with Gasteiger partial charge in [0.05, 0.1) is 12.0 Å². The van der Waals surface area contributed by atoms with Crippen molar-refractivity contribution in [3.05, 3.63) is 23.8 Å². The van der Waals surface area contributed by atoms with Gasteiger partial charge in [-0.3, -0.25) is 0 Å². The van der Waals surface area contributed by atoms with Crippen molar-refractivity contribution in [2.24, 2.45) is 0 Å². The van der Waals surface area contributed by atoms with Crippen LogP contribution in [0, 0.1) is 0 Å². The molecule has 4 nitrogen and oxygen atoms in total. The molecule has 1 atom stereocenters. The molecule has 1 aliphatic heterocycles. The van der Waals surface area contributed by atoms with Crippen molar-refractivity contribution in [3.63, 3.8) is 0 Å². The molecular formula is C13H14BrNO3. The van der Waals surface area contributed by atoms with Gasteiger partial charge in [-0.15, -0.1) is 0 Å². The molecule has 0 amide bonds. The lowest BCUT2D eigenvalue weighted by Crippen LogP contribution is -2.25. The number of fused-ring (bicyclic) bond motifs is 1. The normalized spacial score (nSPS) is 20.2. The number of benzene rings is 1. The van der Waals surface area contributed by atoms with E-state index in [4.69, 9.17) is 14.0 Å². The number of aromatic nitrogens is 1. The second-order valence-corrected chi connectivity index (χ2v) is 4.93. The molecule has 0 saturated carbocycles. The molecule has 1 saturated heterocycles. The molecule has 2 heterocycles. The molecule has 0 N–H and O–H groups in total. The van der Waals surface area contributed by atoms with Crippen LogP contribution in [0.5, 0.6) is 5.88 Å². The monoisotopic (exact) mass is 311 g/mol. The Morgan fingerprint density at radius 3 is 3.11 bits per heavy atom. The average molecular weight is 312 g/mol. The van der Waals surface area contributed by atoms with Crippen molar-refractivity contribution in [2.45, 2.75) is 30.9 Å². The first kappa shape index (κ1) is 12.0. The van der Waals surface area contributed by atoms with Gasteiger partial charge in [-0.05, 0) is 35.7 Å². The van der Waals surface area contributed by atoms with Crippen molar-refractivity contribution in [1.29, 1.82) is 0 Å². The molecule has 0 radical (unpaired) electrons. The maximum atomic E-state index is 5.77. The Kier molecular flexibility index (Phi) is 3.52. The van der Waals surface area contributed by atoms with Gasteiger partial charge < -0.3 is 14.0 Å². The Morgan fingerprint density at radius 2 is 2.33 bits per heavy atom. The summed E-state index contributed by atoms with van der Waals surface area (Å²) in [5, 5.41) is 5.68. The third-order valence-electron chi connectivity index (χ3n) is 3.04. The van der Waals surface area contributed by atoms with Crippen molar-refractivity contribution in [2.75, 3.05) is 6.61 Å². The van der Waals surface area contributed by atoms with E-state index in [1.165, 1.54) is 5.56 Å². The predicted octanol–water partition coefficient (Wildman–Crippen LogP) is 3.63. The minimum atomic E-state index is -0.195. The lowest BCUT2D eigenvalue weighted by Gasteiger charge is -2.22. The van der Waals surface area contributed by atoms with Crippen LogP contribution in [0.1, 0.15) is 24.8 Å². The second kappa shape index (κ2) is 5.28. The van der Waals surface area contributed by atoms with Crippen LogP contribution in [-0.2, 0) is 10.1 Å². The summed E-state index contributed by atoms with van der Waals surface area (Å²) < 4.78 is 16.6. The van der Waals surface area contributed by atoms with E-state index in [-0.39, 0.29) is 6.29 Å². The number of ether oxygens (including phenoxy) is 2. The summed E-state index contributed by atoms with van der Waals surface area (Å²) in [6.45, 7) is 0.757. The summed E-state index contributed by atoms with van der Waals surface area (Å²) in [5.74, 6) is 0.528. The Bertz CT molecular complexity index is 534. The molecule has 2 aromatic rings. The number of nitrogens with zero attached hydrogens (tertiary/aromatic N) is 1. The highest BCUT2D eigenvalue weighted by atomic mass is 79.9. The van der Waals surface area contributed by atoms with E-state index in [0.717, 1.165) is 42.2 Å². The Labute approximate surface area is 113 Å². The van der Waals surface area contributed by atoms with Gasteiger partial charge in [0, 0.05) is 11.8 Å². The third-order valence-corrected chi connectivity index (χ3v) is 3.68. The summed E-state index contributed by atoms with van der Waals surface area (Å²) in [4.78, 5) is 0. The molecule has 96 valence electrons. The van der Waals surface area contributed by atoms with Gasteiger partial charge >= 0.3 is 0 Å². The predicted molar refractivity (Wildman–Crippen MR) is 70.9 cm³/mol. The number of rotatable bonds is 3. The topological polar surface area (TPSA) is 44.5 Å². The minimum Gasteiger partial charge on any atom is -0.445 e. The molecule has 1 aromatic heterocycles. The van der Waals surface area contributed by atoms with Crippen LogP contribution in [0.4, 0.5) is 0 Å². The minimum absolute atomic E-state index is 0.195. The van der Waals surface area contributed by atoms with E-state index < -0.39 is 0 Å². The van der Waals surface area contributed by atoms with E-state index in [1.54, 1.807) is 0 Å². The first-order valence-corrected chi connectivity index (χ1v) is 7.21. The van der Waals surface area contributed by atoms with Gasteiger partial charge in [0.25, 0.3) is 5.88 Å². The van der Waals surface area contributed by atoms with E-state index >= 15 is 0 Å². The average Bonchev–Trinajstić information content (AvgIpc) is 2.82. The highest BCUT2D eigenvalue weighted by Gasteiger charge is 2.19. The van der Waals surface area contributed by atoms with Gasteiger partial charge in [0.2, 0.25) is 6.29 Å². The van der Waals surface area contributed by atoms with Gasteiger partial charge in [-0.2, -0.15) is 0 Å². The van der Waals surface area contributed by atoms with Gasteiger partial charge in [0.1, 0.15) is 0 Å². The molecule has 0 bridgehead atoms. The van der Waals surface area contributed by atoms with Crippen LogP contribution >= 0.6 is 15.9 Å². The van der Waals surface area contributed by atoms with Gasteiger partial charge in [0.15, 0.2) is 5.58 Å². The molecule has 0 spiro atoms. The Hall–Kier alpha value is -1.07. The van der Waals surface area contributed by atoms with Crippen LogP contribution in [0.3, 0.4) is 0 Å². The van der Waals surface area contributed by atoms with Gasteiger partial charge in [-0.1, -0.05) is 22.0 Å². The van der Waals surface area contributed by atoms with Crippen LogP contribution in [-0.4, -0.2) is 18.1 Å². The summed E-state index contributed by atoms with van der Waals surface area (Å²) in [6, 6.07) is 5.94. The summed E-state index contributed by atoms with van der Waals surface area (Å²) in [7, 11) is 0. The number of hydrogen-bond acceptors (Lipinski definition) is 4. The number of halogens is 1. The first-order chi connectivity index (χ1) is 8.86.